The molecule has 8 heteroatoms. The molecule has 0 aliphatic heterocycles. The van der Waals surface area contributed by atoms with Crippen molar-refractivity contribution >= 4 is 35.3 Å². The molecule has 0 radical (unpaired) electrons. The van der Waals surface area contributed by atoms with E-state index in [1.54, 1.807) is 18.2 Å². The van der Waals surface area contributed by atoms with E-state index in [1.165, 1.54) is 0 Å². The van der Waals surface area contributed by atoms with Crippen molar-refractivity contribution in [1.82, 2.24) is 4.90 Å². The Morgan fingerprint density at radius 2 is 1.95 bits per heavy atom. The molecule has 0 aromatic heterocycles. The van der Waals surface area contributed by atoms with Crippen LogP contribution >= 0.6 is 23.2 Å². The Hall–Kier alpha value is -1.50. The number of carbonyl (C=O) groups excluding carboxylic acids is 1. The average molecular weight is 306 g/mol. The fraction of sp³-hybridized carbons (Fsp3) is 0.273. The molecular weight excluding hydrogens is 293 g/mol. The van der Waals surface area contributed by atoms with Crippen molar-refractivity contribution in [2.24, 2.45) is 11.5 Å². The molecule has 0 heterocycles. The number of urea groups is 1. The highest BCUT2D eigenvalue weighted by atomic mass is 35.5. The minimum atomic E-state index is -1.43. The van der Waals surface area contributed by atoms with Gasteiger partial charge in [0.05, 0.1) is 10.0 Å². The Kier molecular flexibility index (Phi) is 5.41. The number of nitrogens with two attached hydrogens (primary N) is 2. The zero-order valence-corrected chi connectivity index (χ0v) is 11.4. The number of hydrogen-bond acceptors (Lipinski definition) is 3. The first-order chi connectivity index (χ1) is 8.81. The van der Waals surface area contributed by atoms with E-state index >= 15 is 0 Å². The molecular formula is C11H13Cl2N3O3. The number of hydrogen-bond donors (Lipinski definition) is 3. The Morgan fingerprint density at radius 1 is 1.32 bits per heavy atom. The van der Waals surface area contributed by atoms with Gasteiger partial charge in [-0.3, -0.25) is 0 Å². The molecule has 3 amide bonds. The second-order valence-electron chi connectivity index (χ2n) is 3.94. The summed E-state index contributed by atoms with van der Waals surface area (Å²) in [6.45, 7) is -0.190. The van der Waals surface area contributed by atoms with Gasteiger partial charge in [0.2, 0.25) is 0 Å². The Balaban J connectivity index is 2.68. The van der Waals surface area contributed by atoms with Crippen LogP contribution in [0.4, 0.5) is 9.59 Å². The first kappa shape index (κ1) is 15.6. The molecule has 0 saturated heterocycles. The molecule has 1 unspecified atom stereocenters. The highest BCUT2D eigenvalue weighted by molar-refractivity contribution is 6.42. The summed E-state index contributed by atoms with van der Waals surface area (Å²) in [5, 5.41) is 9.58. The van der Waals surface area contributed by atoms with Crippen LogP contribution in [-0.2, 0) is 6.42 Å². The van der Waals surface area contributed by atoms with Gasteiger partial charge in [0.1, 0.15) is 0 Å². The molecule has 1 aromatic rings. The average Bonchev–Trinajstić information content (AvgIpc) is 2.30. The second-order valence-corrected chi connectivity index (χ2v) is 4.76. The molecule has 0 fully saturated rings. The summed E-state index contributed by atoms with van der Waals surface area (Å²) in [5.74, 6) is 0. The lowest BCUT2D eigenvalue weighted by Gasteiger charge is -2.19. The van der Waals surface area contributed by atoms with Crippen molar-refractivity contribution in [1.29, 1.82) is 0 Å². The van der Waals surface area contributed by atoms with Gasteiger partial charge < -0.3 is 16.6 Å². The normalized spacial score (nSPS) is 11.9. The summed E-state index contributed by atoms with van der Waals surface area (Å²) in [6.07, 6.45) is -1.09. The monoisotopic (exact) mass is 305 g/mol. The SMILES string of the molecule is NC(=O)N(CC(N)Cc1ccc(Cl)c(Cl)c1)C(=O)O. The van der Waals surface area contributed by atoms with Crippen LogP contribution in [0.1, 0.15) is 5.56 Å². The summed E-state index contributed by atoms with van der Waals surface area (Å²) in [7, 11) is 0. The number of benzene rings is 1. The lowest BCUT2D eigenvalue weighted by atomic mass is 10.1. The third-order valence-electron chi connectivity index (χ3n) is 2.40. The Bertz CT molecular complexity index is 482. The highest BCUT2D eigenvalue weighted by Gasteiger charge is 2.20. The van der Waals surface area contributed by atoms with E-state index in [2.05, 4.69) is 0 Å². The van der Waals surface area contributed by atoms with E-state index in [9.17, 15) is 9.59 Å². The van der Waals surface area contributed by atoms with Gasteiger partial charge in [0.25, 0.3) is 0 Å². The van der Waals surface area contributed by atoms with Crippen molar-refractivity contribution in [3.8, 4) is 0 Å². The molecule has 19 heavy (non-hydrogen) atoms. The first-order valence-corrected chi connectivity index (χ1v) is 6.06. The summed E-state index contributed by atoms with van der Waals surface area (Å²) in [6, 6.07) is 3.34. The number of amides is 3. The van der Waals surface area contributed by atoms with Crippen LogP contribution in [0, 0.1) is 0 Å². The Labute approximate surface area is 119 Å². The fourth-order valence-corrected chi connectivity index (χ4v) is 1.85. The van der Waals surface area contributed by atoms with Crippen LogP contribution < -0.4 is 11.5 Å². The number of carboxylic acid groups (broad SMARTS) is 1. The predicted octanol–water partition coefficient (Wildman–Crippen LogP) is 1.92. The summed E-state index contributed by atoms with van der Waals surface area (Å²) < 4.78 is 0. The lowest BCUT2D eigenvalue weighted by molar-refractivity contribution is 0.149. The van der Waals surface area contributed by atoms with Crippen LogP contribution in [0.15, 0.2) is 18.2 Å². The molecule has 104 valence electrons. The quantitative estimate of drug-likeness (QED) is 0.789. The number of imide groups is 1. The number of nitrogens with zero attached hydrogens (tertiary/aromatic N) is 1. The van der Waals surface area contributed by atoms with Crippen molar-refractivity contribution in [2.45, 2.75) is 12.5 Å². The number of rotatable bonds is 4. The maximum Gasteiger partial charge on any atom is 0.415 e. The van der Waals surface area contributed by atoms with Crippen LogP contribution in [0.2, 0.25) is 10.0 Å². The third kappa shape index (κ3) is 4.59. The van der Waals surface area contributed by atoms with Crippen LogP contribution in [0.25, 0.3) is 0 Å². The molecule has 6 nitrogen and oxygen atoms in total. The van der Waals surface area contributed by atoms with Crippen LogP contribution in [0.5, 0.6) is 0 Å². The standard InChI is InChI=1S/C11H13Cl2N3O3/c12-8-2-1-6(4-9(8)13)3-7(14)5-16(10(15)17)11(18)19/h1-2,4,7H,3,5,14H2,(H2,15,17)(H,18,19). The van der Waals surface area contributed by atoms with E-state index in [0.717, 1.165) is 5.56 Å². The van der Waals surface area contributed by atoms with Crippen LogP contribution in [0.3, 0.4) is 0 Å². The van der Waals surface area contributed by atoms with E-state index < -0.39 is 18.2 Å². The fourth-order valence-electron chi connectivity index (χ4n) is 1.53. The van der Waals surface area contributed by atoms with Gasteiger partial charge >= 0.3 is 12.1 Å². The largest absolute Gasteiger partial charge is 0.465 e. The minimum Gasteiger partial charge on any atom is -0.465 e. The lowest BCUT2D eigenvalue weighted by Crippen LogP contribution is -2.47. The second kappa shape index (κ2) is 6.60. The van der Waals surface area contributed by atoms with E-state index in [-0.39, 0.29) is 6.54 Å². The van der Waals surface area contributed by atoms with Gasteiger partial charge in [0, 0.05) is 12.6 Å². The van der Waals surface area contributed by atoms with Crippen molar-refractivity contribution < 1.29 is 14.7 Å². The predicted molar refractivity (Wildman–Crippen MR) is 72.5 cm³/mol. The topological polar surface area (TPSA) is 110 Å². The summed E-state index contributed by atoms with van der Waals surface area (Å²) in [4.78, 5) is 22.1. The van der Waals surface area contributed by atoms with Gasteiger partial charge in [0.15, 0.2) is 0 Å². The van der Waals surface area contributed by atoms with Crippen molar-refractivity contribution in [2.75, 3.05) is 6.54 Å². The minimum absolute atomic E-state index is 0.190. The van der Waals surface area contributed by atoms with E-state index in [0.29, 0.717) is 21.4 Å². The molecule has 5 N–H and O–H groups in total. The van der Waals surface area contributed by atoms with Gasteiger partial charge in [-0.2, -0.15) is 0 Å². The van der Waals surface area contributed by atoms with Crippen molar-refractivity contribution in [3.63, 3.8) is 0 Å². The molecule has 0 bridgehead atoms. The molecule has 0 aliphatic carbocycles. The number of halogens is 2. The third-order valence-corrected chi connectivity index (χ3v) is 3.13. The Morgan fingerprint density at radius 3 is 2.42 bits per heavy atom. The van der Waals surface area contributed by atoms with Gasteiger partial charge in [-0.05, 0) is 24.1 Å². The number of carbonyl (C=O) groups is 2. The van der Waals surface area contributed by atoms with Gasteiger partial charge in [-0.1, -0.05) is 29.3 Å². The molecule has 0 saturated carbocycles. The van der Waals surface area contributed by atoms with Crippen LogP contribution in [-0.4, -0.2) is 34.7 Å². The number of primary amides is 1. The molecule has 1 aromatic carbocycles. The first-order valence-electron chi connectivity index (χ1n) is 5.30. The molecule has 0 aliphatic rings. The summed E-state index contributed by atoms with van der Waals surface area (Å²) in [5.41, 5.74) is 11.5. The van der Waals surface area contributed by atoms with E-state index in [4.69, 9.17) is 39.8 Å². The van der Waals surface area contributed by atoms with Crippen molar-refractivity contribution in [3.05, 3.63) is 33.8 Å². The highest BCUT2D eigenvalue weighted by Crippen LogP contribution is 2.23. The molecule has 1 rings (SSSR count). The maximum atomic E-state index is 10.9. The molecule has 0 spiro atoms. The van der Waals surface area contributed by atoms with Gasteiger partial charge in [-0.15, -0.1) is 0 Å². The molecule has 1 atom stereocenters. The van der Waals surface area contributed by atoms with Gasteiger partial charge in [-0.25, -0.2) is 14.5 Å². The zero-order valence-electron chi connectivity index (χ0n) is 9.85. The maximum absolute atomic E-state index is 10.9. The smallest absolute Gasteiger partial charge is 0.415 e. The summed E-state index contributed by atoms with van der Waals surface area (Å²) >= 11 is 11.6. The van der Waals surface area contributed by atoms with E-state index in [1.807, 2.05) is 0 Å². The zero-order chi connectivity index (χ0) is 14.6.